The number of aliphatic carboxylic acids is 1. The van der Waals surface area contributed by atoms with Crippen molar-refractivity contribution in [3.8, 4) is 0 Å². The molecule has 3 rings (SSSR count). The lowest BCUT2D eigenvalue weighted by molar-refractivity contribution is -0.147. The van der Waals surface area contributed by atoms with Gasteiger partial charge in [-0.05, 0) is 44.4 Å². The van der Waals surface area contributed by atoms with Gasteiger partial charge in [0.15, 0.2) is 0 Å². The molecule has 3 N–H and O–H groups in total. The van der Waals surface area contributed by atoms with Crippen molar-refractivity contribution >= 4 is 29.3 Å². The van der Waals surface area contributed by atoms with Crippen LogP contribution >= 0.6 is 0 Å². The highest BCUT2D eigenvalue weighted by Gasteiger charge is 2.42. The molecular weight excluding hydrogens is 310 g/mol. The summed E-state index contributed by atoms with van der Waals surface area (Å²) >= 11 is 0. The summed E-state index contributed by atoms with van der Waals surface area (Å²) in [6.45, 7) is 2.25. The van der Waals surface area contributed by atoms with Gasteiger partial charge in [0.1, 0.15) is 0 Å². The molecule has 0 aromatic heterocycles. The molecule has 128 valence electrons. The number of likely N-dealkylation sites (tertiary alicyclic amines) is 1. The Morgan fingerprint density at radius 2 is 1.88 bits per heavy atom. The predicted molar refractivity (Wildman–Crippen MR) is 88.7 cm³/mol. The fourth-order valence-electron chi connectivity index (χ4n) is 2.78. The minimum Gasteiger partial charge on any atom is -0.481 e. The molecule has 3 amide bonds. The fraction of sp³-hybridized carbons (Fsp3) is 0.471. The first-order chi connectivity index (χ1) is 11.4. The Kier molecular flexibility index (Phi) is 4.17. The van der Waals surface area contributed by atoms with Crippen LogP contribution in [0.3, 0.4) is 0 Å². The third-order valence-corrected chi connectivity index (χ3v) is 4.61. The largest absolute Gasteiger partial charge is 0.481 e. The first-order valence-corrected chi connectivity index (χ1v) is 8.08. The van der Waals surface area contributed by atoms with Gasteiger partial charge in [0, 0.05) is 30.4 Å². The Bertz CT molecular complexity index is 686. The molecule has 2 aliphatic rings. The van der Waals surface area contributed by atoms with Gasteiger partial charge in [0.25, 0.3) is 0 Å². The lowest BCUT2D eigenvalue weighted by Gasteiger charge is -2.20. The monoisotopic (exact) mass is 331 g/mol. The number of nitrogens with zero attached hydrogens (tertiary/aromatic N) is 1. The highest BCUT2D eigenvalue weighted by molar-refractivity contribution is 5.95. The SMILES string of the molecule is CC1(C(=O)O)CCN(C(=O)Nc2cccc(NC(=O)C3CC3)c2)C1. The molecule has 1 saturated heterocycles. The zero-order valence-corrected chi connectivity index (χ0v) is 13.5. The van der Waals surface area contributed by atoms with Crippen molar-refractivity contribution in [1.82, 2.24) is 4.90 Å². The molecule has 7 heteroatoms. The molecule has 7 nitrogen and oxygen atoms in total. The molecule has 1 saturated carbocycles. The van der Waals surface area contributed by atoms with Crippen LogP contribution in [-0.2, 0) is 9.59 Å². The second-order valence-corrected chi connectivity index (χ2v) is 6.81. The van der Waals surface area contributed by atoms with Crippen molar-refractivity contribution in [2.24, 2.45) is 11.3 Å². The van der Waals surface area contributed by atoms with Crippen LogP contribution in [0.5, 0.6) is 0 Å². The van der Waals surface area contributed by atoms with E-state index in [0.717, 1.165) is 12.8 Å². The van der Waals surface area contributed by atoms with Gasteiger partial charge in [-0.15, -0.1) is 0 Å². The summed E-state index contributed by atoms with van der Waals surface area (Å²) < 4.78 is 0. The maximum Gasteiger partial charge on any atom is 0.321 e. The van der Waals surface area contributed by atoms with Crippen molar-refractivity contribution in [3.05, 3.63) is 24.3 Å². The maximum absolute atomic E-state index is 12.3. The molecule has 1 aromatic carbocycles. The maximum atomic E-state index is 12.3. The summed E-state index contributed by atoms with van der Waals surface area (Å²) in [5.74, 6) is -0.764. The van der Waals surface area contributed by atoms with Gasteiger partial charge < -0.3 is 20.6 Å². The molecule has 0 spiro atoms. The molecule has 1 atom stereocenters. The third-order valence-electron chi connectivity index (χ3n) is 4.61. The zero-order valence-electron chi connectivity index (χ0n) is 13.5. The number of benzene rings is 1. The minimum absolute atomic E-state index is 0.00949. The standard InChI is InChI=1S/C17H21N3O4/c1-17(15(22)23)7-8-20(10-17)16(24)19-13-4-2-3-12(9-13)18-14(21)11-5-6-11/h2-4,9,11H,5-8,10H2,1H3,(H,18,21)(H,19,24)(H,22,23). The van der Waals surface area contributed by atoms with E-state index in [1.54, 1.807) is 31.2 Å². The number of carbonyl (C=O) groups excluding carboxylic acids is 2. The van der Waals surface area contributed by atoms with E-state index in [-0.39, 0.29) is 24.4 Å². The van der Waals surface area contributed by atoms with Crippen LogP contribution in [0.1, 0.15) is 26.2 Å². The fourth-order valence-corrected chi connectivity index (χ4v) is 2.78. The Balaban J connectivity index is 1.60. The third kappa shape index (κ3) is 3.50. The Hall–Kier alpha value is -2.57. The Morgan fingerprint density at radius 3 is 2.46 bits per heavy atom. The average molecular weight is 331 g/mol. The van der Waals surface area contributed by atoms with E-state index in [0.29, 0.717) is 24.3 Å². The molecule has 1 aromatic rings. The van der Waals surface area contributed by atoms with Gasteiger partial charge in [-0.1, -0.05) is 6.07 Å². The minimum atomic E-state index is -0.891. The summed E-state index contributed by atoms with van der Waals surface area (Å²) in [4.78, 5) is 36.9. The summed E-state index contributed by atoms with van der Waals surface area (Å²) in [5, 5.41) is 14.8. The van der Waals surface area contributed by atoms with Gasteiger partial charge in [-0.3, -0.25) is 9.59 Å². The van der Waals surface area contributed by atoms with Crippen LogP contribution in [0.15, 0.2) is 24.3 Å². The van der Waals surface area contributed by atoms with Crippen molar-refractivity contribution in [3.63, 3.8) is 0 Å². The van der Waals surface area contributed by atoms with Crippen LogP contribution in [0, 0.1) is 11.3 Å². The normalized spacial score (nSPS) is 23.0. The van der Waals surface area contributed by atoms with Crippen molar-refractivity contribution in [2.75, 3.05) is 23.7 Å². The van der Waals surface area contributed by atoms with Crippen molar-refractivity contribution < 1.29 is 19.5 Å². The quantitative estimate of drug-likeness (QED) is 0.789. The van der Waals surface area contributed by atoms with Gasteiger partial charge >= 0.3 is 12.0 Å². The van der Waals surface area contributed by atoms with Gasteiger partial charge in [-0.25, -0.2) is 4.79 Å². The number of anilines is 2. The topological polar surface area (TPSA) is 98.7 Å². The highest BCUT2D eigenvalue weighted by atomic mass is 16.4. The second-order valence-electron chi connectivity index (χ2n) is 6.81. The summed E-state index contributed by atoms with van der Waals surface area (Å²) in [6.07, 6.45) is 2.30. The zero-order chi connectivity index (χ0) is 17.3. The lowest BCUT2D eigenvalue weighted by Crippen LogP contribution is -2.37. The van der Waals surface area contributed by atoms with Crippen LogP contribution in [0.4, 0.5) is 16.2 Å². The number of nitrogens with one attached hydrogen (secondary N) is 2. The Labute approximate surface area is 140 Å². The summed E-state index contributed by atoms with van der Waals surface area (Å²) in [5.41, 5.74) is 0.316. The number of hydrogen-bond acceptors (Lipinski definition) is 3. The first kappa shape index (κ1) is 16.3. The van der Waals surface area contributed by atoms with E-state index in [1.165, 1.54) is 4.90 Å². The predicted octanol–water partition coefficient (Wildman–Crippen LogP) is 2.36. The van der Waals surface area contributed by atoms with Crippen molar-refractivity contribution in [1.29, 1.82) is 0 Å². The second kappa shape index (κ2) is 6.14. The number of urea groups is 1. The molecule has 1 aliphatic heterocycles. The summed E-state index contributed by atoms with van der Waals surface area (Å²) in [7, 11) is 0. The lowest BCUT2D eigenvalue weighted by atomic mass is 9.90. The number of hydrogen-bond donors (Lipinski definition) is 3. The molecule has 24 heavy (non-hydrogen) atoms. The van der Waals surface area contributed by atoms with E-state index in [4.69, 9.17) is 0 Å². The van der Waals surface area contributed by atoms with Crippen LogP contribution < -0.4 is 10.6 Å². The van der Waals surface area contributed by atoms with E-state index in [1.807, 2.05) is 0 Å². The number of rotatable bonds is 4. The molecular formula is C17H21N3O4. The van der Waals surface area contributed by atoms with E-state index in [2.05, 4.69) is 10.6 Å². The van der Waals surface area contributed by atoms with E-state index in [9.17, 15) is 19.5 Å². The first-order valence-electron chi connectivity index (χ1n) is 8.08. The molecule has 1 unspecified atom stereocenters. The van der Waals surface area contributed by atoms with Gasteiger partial charge in [0.2, 0.25) is 5.91 Å². The Morgan fingerprint density at radius 1 is 1.21 bits per heavy atom. The number of amides is 3. The van der Waals surface area contributed by atoms with Crippen LogP contribution in [0.2, 0.25) is 0 Å². The van der Waals surface area contributed by atoms with Gasteiger partial charge in [0.05, 0.1) is 5.41 Å². The smallest absolute Gasteiger partial charge is 0.321 e. The van der Waals surface area contributed by atoms with E-state index >= 15 is 0 Å². The average Bonchev–Trinajstić information content (AvgIpc) is 3.30. The number of carbonyl (C=O) groups is 3. The van der Waals surface area contributed by atoms with Crippen LogP contribution in [-0.4, -0.2) is 41.0 Å². The molecule has 1 aliphatic carbocycles. The van der Waals surface area contributed by atoms with Gasteiger partial charge in [-0.2, -0.15) is 0 Å². The summed E-state index contributed by atoms with van der Waals surface area (Å²) in [6, 6.07) is 6.63. The van der Waals surface area contributed by atoms with E-state index < -0.39 is 11.4 Å². The molecule has 1 heterocycles. The highest BCUT2D eigenvalue weighted by Crippen LogP contribution is 2.31. The van der Waals surface area contributed by atoms with Crippen molar-refractivity contribution in [2.45, 2.75) is 26.2 Å². The molecule has 2 fully saturated rings. The molecule has 0 bridgehead atoms. The number of carboxylic acid groups (broad SMARTS) is 1. The molecule has 0 radical (unpaired) electrons. The number of carboxylic acids is 1. The van der Waals surface area contributed by atoms with Crippen LogP contribution in [0.25, 0.3) is 0 Å².